The lowest BCUT2D eigenvalue weighted by Crippen LogP contribution is -2.46. The highest BCUT2D eigenvalue weighted by molar-refractivity contribution is 8.03. The average molecular weight is 300 g/mol. The van der Waals surface area contributed by atoms with Gasteiger partial charge in [0.1, 0.15) is 9.39 Å². The number of rotatable bonds is 9. The summed E-state index contributed by atoms with van der Waals surface area (Å²) < 4.78 is 17.0. The van der Waals surface area contributed by atoms with Crippen molar-refractivity contribution >= 4 is 42.9 Å². The Morgan fingerprint density at radius 3 is 1.56 bits per heavy atom. The third-order valence-electron chi connectivity index (χ3n) is 1.73. The van der Waals surface area contributed by atoms with Crippen LogP contribution in [0.15, 0.2) is 0 Å². The van der Waals surface area contributed by atoms with Crippen LogP contribution >= 0.6 is 24.7 Å². The molecule has 16 heavy (non-hydrogen) atoms. The van der Waals surface area contributed by atoms with E-state index in [1.54, 1.807) is 0 Å². The molecular formula is C9H23O3S2Si2. The van der Waals surface area contributed by atoms with Crippen LogP contribution in [-0.4, -0.2) is 43.8 Å². The predicted octanol–water partition coefficient (Wildman–Crippen LogP) is 2.35. The van der Waals surface area contributed by atoms with Gasteiger partial charge in [0, 0.05) is 25.9 Å². The van der Waals surface area contributed by atoms with Crippen LogP contribution in [0.3, 0.4) is 0 Å². The van der Waals surface area contributed by atoms with Crippen LogP contribution in [0.2, 0.25) is 6.04 Å². The molecule has 0 rings (SSSR count). The fraction of sp³-hybridized carbons (Fsp3) is 1.00. The average Bonchev–Trinajstić information content (AvgIpc) is 2.30. The van der Waals surface area contributed by atoms with Crippen molar-refractivity contribution in [3.8, 4) is 0 Å². The topological polar surface area (TPSA) is 27.7 Å². The molecule has 7 heteroatoms. The molecule has 0 bridgehead atoms. The van der Waals surface area contributed by atoms with Crippen molar-refractivity contribution < 1.29 is 13.3 Å². The maximum atomic E-state index is 5.67. The molecule has 0 atom stereocenters. The quantitative estimate of drug-likeness (QED) is 0.506. The lowest BCUT2D eigenvalue weighted by molar-refractivity contribution is 0.0712. The second-order valence-corrected chi connectivity index (χ2v) is 5.99. The van der Waals surface area contributed by atoms with E-state index >= 15 is 0 Å². The minimum Gasteiger partial charge on any atom is -0.374 e. The number of hydrogen-bond acceptors (Lipinski definition) is 5. The van der Waals surface area contributed by atoms with Gasteiger partial charge in [0.25, 0.3) is 0 Å². The molecule has 3 nitrogen and oxygen atoms in total. The van der Waals surface area contributed by atoms with Gasteiger partial charge in [-0.15, -0.1) is 0 Å². The third kappa shape index (κ3) is 9.09. The second-order valence-electron chi connectivity index (χ2n) is 2.81. The molecule has 0 fully saturated rings. The number of hydrogen-bond donors (Lipinski definition) is 2. The lowest BCUT2D eigenvalue weighted by Gasteiger charge is -2.28. The molecule has 0 saturated carbocycles. The minimum absolute atomic E-state index is 0.652. The van der Waals surface area contributed by atoms with E-state index < -0.39 is 8.80 Å². The first-order valence-electron chi connectivity index (χ1n) is 5.49. The molecular weight excluding hydrogens is 276 g/mol. The summed E-state index contributed by atoms with van der Waals surface area (Å²) in [5, 5.41) is 0. The zero-order chi connectivity index (χ0) is 12.9. The van der Waals surface area contributed by atoms with Gasteiger partial charge in [-0.05, 0) is 32.9 Å². The first kappa shape index (κ1) is 19.4. The molecule has 0 saturated heterocycles. The zero-order valence-corrected chi connectivity index (χ0v) is 14.2. The fourth-order valence-electron chi connectivity index (χ4n) is 1.30. The van der Waals surface area contributed by atoms with Crippen LogP contribution in [0.1, 0.15) is 27.2 Å². The summed E-state index contributed by atoms with van der Waals surface area (Å²) in [6.07, 6.45) is 0.981. The van der Waals surface area contributed by atoms with Crippen molar-refractivity contribution in [3.63, 3.8) is 0 Å². The van der Waals surface area contributed by atoms with Gasteiger partial charge in [-0.2, -0.15) is 12.6 Å². The first-order valence-corrected chi connectivity index (χ1v) is 9.85. The Morgan fingerprint density at radius 1 is 0.938 bits per heavy atom. The highest BCUT2D eigenvalue weighted by atomic mass is 32.3. The highest BCUT2D eigenvalue weighted by Crippen LogP contribution is 2.18. The summed E-state index contributed by atoms with van der Waals surface area (Å²) in [7, 11) is 0.301. The van der Waals surface area contributed by atoms with E-state index in [-0.39, 0.29) is 0 Å². The summed E-state index contributed by atoms with van der Waals surface area (Å²) in [4.78, 5) is 0. The molecule has 0 unspecified atom stereocenters. The Kier molecular flexibility index (Phi) is 17.0. The summed E-state index contributed by atoms with van der Waals surface area (Å²) in [5.41, 5.74) is 0. The van der Waals surface area contributed by atoms with E-state index in [2.05, 4.69) is 34.1 Å². The largest absolute Gasteiger partial charge is 0.500 e. The lowest BCUT2D eigenvalue weighted by atomic mass is 10.6. The summed E-state index contributed by atoms with van der Waals surface area (Å²) in [6, 6.07) is 0.867. The summed E-state index contributed by atoms with van der Waals surface area (Å²) >= 11 is 7.53. The van der Waals surface area contributed by atoms with Gasteiger partial charge in [0.2, 0.25) is 0 Å². The normalized spacial score (nSPS) is 10.9. The fourth-order valence-corrected chi connectivity index (χ4v) is 4.36. The van der Waals surface area contributed by atoms with E-state index in [1.165, 1.54) is 0 Å². The standard InChI is InChI=1S/C9H22O3SSi.HSSi/c1-4-10-14(11-5-2,12-6-3)9-7-8-13;1-2/h13H,4-9H2,1-3H3;1H. The van der Waals surface area contributed by atoms with Gasteiger partial charge in [0.15, 0.2) is 0 Å². The monoisotopic (exact) mass is 299 g/mol. The Morgan fingerprint density at radius 2 is 1.31 bits per heavy atom. The van der Waals surface area contributed by atoms with Crippen LogP contribution < -0.4 is 0 Å². The van der Waals surface area contributed by atoms with Crippen molar-refractivity contribution in [1.29, 1.82) is 0 Å². The maximum Gasteiger partial charge on any atom is 0.500 e. The smallest absolute Gasteiger partial charge is 0.374 e. The molecule has 0 spiro atoms. The Labute approximate surface area is 115 Å². The molecule has 97 valence electrons. The molecule has 3 radical (unpaired) electrons. The Hall–Kier alpha value is 1.01. The van der Waals surface area contributed by atoms with E-state index in [9.17, 15) is 0 Å². The van der Waals surface area contributed by atoms with Crippen molar-refractivity contribution in [2.45, 2.75) is 33.2 Å². The third-order valence-corrected chi connectivity index (χ3v) is 5.20. The Bertz CT molecular complexity index is 125. The van der Waals surface area contributed by atoms with Crippen molar-refractivity contribution in [3.05, 3.63) is 0 Å². The van der Waals surface area contributed by atoms with Crippen molar-refractivity contribution in [2.24, 2.45) is 0 Å². The Balaban J connectivity index is 0. The maximum absolute atomic E-state index is 5.67. The van der Waals surface area contributed by atoms with Gasteiger partial charge in [-0.3, -0.25) is 0 Å². The summed E-state index contributed by atoms with van der Waals surface area (Å²) in [5.74, 6) is 0.849. The van der Waals surface area contributed by atoms with Gasteiger partial charge >= 0.3 is 8.80 Å². The summed E-state index contributed by atoms with van der Waals surface area (Å²) in [6.45, 7) is 7.87. The molecule has 0 aromatic heterocycles. The molecule has 0 aliphatic carbocycles. The zero-order valence-electron chi connectivity index (χ0n) is 10.4. The van der Waals surface area contributed by atoms with E-state index in [0.29, 0.717) is 19.8 Å². The van der Waals surface area contributed by atoms with Crippen LogP contribution in [-0.2, 0) is 13.3 Å². The SMILES string of the molecule is CCO[Si](CCCS)(OCC)OCC.[Si]S. The molecule has 0 aromatic carbocycles. The van der Waals surface area contributed by atoms with E-state index in [0.717, 1.165) is 18.2 Å². The first-order chi connectivity index (χ1) is 7.74. The van der Waals surface area contributed by atoms with Crippen LogP contribution in [0.5, 0.6) is 0 Å². The van der Waals surface area contributed by atoms with Gasteiger partial charge in [0.05, 0.1) is 0 Å². The molecule has 0 N–H and O–H groups in total. The van der Waals surface area contributed by atoms with Crippen LogP contribution in [0.25, 0.3) is 0 Å². The molecule has 0 aromatic rings. The van der Waals surface area contributed by atoms with Gasteiger partial charge < -0.3 is 13.3 Å². The van der Waals surface area contributed by atoms with Gasteiger partial charge in [-0.1, -0.05) is 0 Å². The van der Waals surface area contributed by atoms with Crippen LogP contribution in [0, 0.1) is 0 Å². The van der Waals surface area contributed by atoms with Crippen molar-refractivity contribution in [2.75, 3.05) is 25.6 Å². The van der Waals surface area contributed by atoms with E-state index in [1.807, 2.05) is 20.8 Å². The van der Waals surface area contributed by atoms with E-state index in [4.69, 9.17) is 13.3 Å². The molecule has 0 aliphatic rings. The predicted molar refractivity (Wildman–Crippen MR) is 78.6 cm³/mol. The van der Waals surface area contributed by atoms with Crippen molar-refractivity contribution in [1.82, 2.24) is 0 Å². The highest BCUT2D eigenvalue weighted by Gasteiger charge is 2.39. The minimum atomic E-state index is -2.37. The number of thiol groups is 2. The van der Waals surface area contributed by atoms with Crippen LogP contribution in [0.4, 0.5) is 0 Å². The second kappa shape index (κ2) is 14.1. The molecule has 0 amide bonds. The van der Waals surface area contributed by atoms with Gasteiger partial charge in [-0.25, -0.2) is 12.1 Å². The molecule has 0 aliphatic heterocycles. The molecule has 0 heterocycles.